The summed E-state index contributed by atoms with van der Waals surface area (Å²) < 4.78 is 0. The minimum Gasteiger partial charge on any atom is -0.481 e. The van der Waals surface area contributed by atoms with Crippen molar-refractivity contribution in [3.8, 4) is 0 Å². The average molecular weight is 337 g/mol. The summed E-state index contributed by atoms with van der Waals surface area (Å²) in [5, 5.41) is 14.5. The maximum Gasteiger partial charge on any atom is 0.305 e. The Morgan fingerprint density at radius 3 is 2.44 bits per heavy atom. The highest BCUT2D eigenvalue weighted by Crippen LogP contribution is 2.55. The predicted octanol–water partition coefficient (Wildman–Crippen LogP) is 3.91. The first kappa shape index (κ1) is 16.1. The Morgan fingerprint density at radius 1 is 1.04 bits per heavy atom. The van der Waals surface area contributed by atoms with Crippen molar-refractivity contribution in [3.05, 3.63) is 48.0 Å². The molecular weight excluding hydrogens is 314 g/mol. The van der Waals surface area contributed by atoms with E-state index in [1.165, 1.54) is 12.8 Å². The second kappa shape index (κ2) is 6.51. The van der Waals surface area contributed by atoms with Crippen LogP contribution in [0.1, 0.15) is 43.7 Å². The summed E-state index contributed by atoms with van der Waals surface area (Å²) in [6.45, 7) is 0. The number of hydrogen-bond donors (Lipinski definition) is 2. The number of amides is 1. The molecule has 0 saturated heterocycles. The van der Waals surface area contributed by atoms with Gasteiger partial charge in [-0.3, -0.25) is 9.59 Å². The average Bonchev–Trinajstić information content (AvgIpc) is 3.35. The second-order valence-corrected chi connectivity index (χ2v) is 7.37. The summed E-state index contributed by atoms with van der Waals surface area (Å²) in [7, 11) is 0. The van der Waals surface area contributed by atoms with Gasteiger partial charge in [-0.2, -0.15) is 0 Å². The lowest BCUT2D eigenvalue weighted by atomic mass is 9.96. The third-order valence-electron chi connectivity index (χ3n) is 5.85. The first-order valence-corrected chi connectivity index (χ1v) is 9.15. The number of carbonyl (C=O) groups is 2. The van der Waals surface area contributed by atoms with Gasteiger partial charge in [-0.05, 0) is 41.0 Å². The van der Waals surface area contributed by atoms with E-state index in [1.807, 2.05) is 42.5 Å². The third kappa shape index (κ3) is 3.13. The van der Waals surface area contributed by atoms with Gasteiger partial charge in [0.2, 0.25) is 5.91 Å². The summed E-state index contributed by atoms with van der Waals surface area (Å²) in [4.78, 5) is 24.2. The number of hydrogen-bond acceptors (Lipinski definition) is 2. The molecule has 2 aromatic carbocycles. The van der Waals surface area contributed by atoms with Crippen molar-refractivity contribution in [2.45, 2.75) is 38.1 Å². The molecule has 2 aliphatic rings. The van der Waals surface area contributed by atoms with E-state index in [1.54, 1.807) is 0 Å². The molecule has 0 heterocycles. The normalized spacial score (nSPS) is 25.8. The van der Waals surface area contributed by atoms with Gasteiger partial charge in [-0.15, -0.1) is 0 Å². The molecule has 2 unspecified atom stereocenters. The molecular formula is C21H23NO3. The number of rotatable bonds is 5. The SMILES string of the molecule is O=C(O)C[C@@H](NC(=O)C1C2CCCCC21)c1cccc2ccccc12. The third-order valence-corrected chi connectivity index (χ3v) is 5.85. The van der Waals surface area contributed by atoms with Crippen molar-refractivity contribution in [1.29, 1.82) is 0 Å². The molecule has 4 nitrogen and oxygen atoms in total. The Morgan fingerprint density at radius 2 is 1.72 bits per heavy atom. The summed E-state index contributed by atoms with van der Waals surface area (Å²) in [6, 6.07) is 13.3. The summed E-state index contributed by atoms with van der Waals surface area (Å²) in [6.07, 6.45) is 4.61. The van der Waals surface area contributed by atoms with Crippen LogP contribution in [0.2, 0.25) is 0 Å². The highest BCUT2D eigenvalue weighted by Gasteiger charge is 2.54. The lowest BCUT2D eigenvalue weighted by Gasteiger charge is -2.19. The van der Waals surface area contributed by atoms with Crippen LogP contribution < -0.4 is 5.32 Å². The van der Waals surface area contributed by atoms with E-state index in [2.05, 4.69) is 5.32 Å². The van der Waals surface area contributed by atoms with Crippen molar-refractivity contribution < 1.29 is 14.7 Å². The van der Waals surface area contributed by atoms with Gasteiger partial charge in [0.05, 0.1) is 12.5 Å². The summed E-state index contributed by atoms with van der Waals surface area (Å²) in [5.74, 6) is 0.273. The van der Waals surface area contributed by atoms with Crippen molar-refractivity contribution in [2.24, 2.45) is 17.8 Å². The van der Waals surface area contributed by atoms with Crippen molar-refractivity contribution in [2.75, 3.05) is 0 Å². The van der Waals surface area contributed by atoms with Crippen molar-refractivity contribution >= 4 is 22.6 Å². The van der Waals surface area contributed by atoms with Crippen LogP contribution in [0.4, 0.5) is 0 Å². The molecule has 2 aromatic rings. The molecule has 130 valence electrons. The van der Waals surface area contributed by atoms with Gasteiger partial charge >= 0.3 is 5.97 Å². The molecule has 0 bridgehead atoms. The van der Waals surface area contributed by atoms with Crippen LogP contribution in [0.25, 0.3) is 10.8 Å². The number of benzene rings is 2. The largest absolute Gasteiger partial charge is 0.481 e. The molecule has 4 heteroatoms. The molecule has 0 radical (unpaired) electrons. The fourth-order valence-electron chi connectivity index (χ4n) is 4.62. The Kier molecular flexibility index (Phi) is 4.20. The molecule has 1 amide bonds. The highest BCUT2D eigenvalue weighted by atomic mass is 16.4. The molecule has 4 rings (SSSR count). The van der Waals surface area contributed by atoms with Gasteiger partial charge in [-0.1, -0.05) is 55.3 Å². The minimum atomic E-state index is -0.897. The molecule has 0 aliphatic heterocycles. The summed E-state index contributed by atoms with van der Waals surface area (Å²) in [5.41, 5.74) is 0.887. The Labute approximate surface area is 147 Å². The zero-order chi connectivity index (χ0) is 17.4. The van der Waals surface area contributed by atoms with Crippen molar-refractivity contribution in [1.82, 2.24) is 5.32 Å². The number of carboxylic acids is 1. The van der Waals surface area contributed by atoms with Gasteiger partial charge in [-0.25, -0.2) is 0 Å². The monoisotopic (exact) mass is 337 g/mol. The van der Waals surface area contributed by atoms with Gasteiger partial charge < -0.3 is 10.4 Å². The van der Waals surface area contributed by atoms with E-state index in [4.69, 9.17) is 0 Å². The van der Waals surface area contributed by atoms with Crippen LogP contribution >= 0.6 is 0 Å². The predicted molar refractivity (Wildman–Crippen MR) is 96.0 cm³/mol. The molecule has 3 atom stereocenters. The van der Waals surface area contributed by atoms with E-state index < -0.39 is 12.0 Å². The molecule has 0 aromatic heterocycles. The maximum atomic E-state index is 12.8. The first-order valence-electron chi connectivity index (χ1n) is 9.15. The van der Waals surface area contributed by atoms with E-state index in [0.717, 1.165) is 29.2 Å². The zero-order valence-corrected chi connectivity index (χ0v) is 14.2. The topological polar surface area (TPSA) is 66.4 Å². The van der Waals surface area contributed by atoms with Gasteiger partial charge in [0.1, 0.15) is 0 Å². The van der Waals surface area contributed by atoms with Crippen LogP contribution in [0, 0.1) is 17.8 Å². The smallest absolute Gasteiger partial charge is 0.305 e. The van der Waals surface area contributed by atoms with Gasteiger partial charge in [0.15, 0.2) is 0 Å². The van der Waals surface area contributed by atoms with Gasteiger partial charge in [0.25, 0.3) is 0 Å². The summed E-state index contributed by atoms with van der Waals surface area (Å²) >= 11 is 0. The van der Waals surface area contributed by atoms with Gasteiger partial charge in [0, 0.05) is 5.92 Å². The van der Waals surface area contributed by atoms with Crippen LogP contribution in [0.3, 0.4) is 0 Å². The molecule has 2 saturated carbocycles. The lowest BCUT2D eigenvalue weighted by molar-refractivity contribution is -0.137. The van der Waals surface area contributed by atoms with Crippen molar-refractivity contribution in [3.63, 3.8) is 0 Å². The maximum absolute atomic E-state index is 12.8. The molecule has 2 aliphatic carbocycles. The highest BCUT2D eigenvalue weighted by molar-refractivity contribution is 5.88. The molecule has 2 fully saturated rings. The number of fused-ring (bicyclic) bond motifs is 2. The Balaban J connectivity index is 1.60. The van der Waals surface area contributed by atoms with E-state index in [9.17, 15) is 14.7 Å². The second-order valence-electron chi connectivity index (χ2n) is 7.37. The minimum absolute atomic E-state index is 0.0380. The fraction of sp³-hybridized carbons (Fsp3) is 0.429. The van der Waals surface area contributed by atoms with E-state index in [-0.39, 0.29) is 18.2 Å². The molecule has 2 N–H and O–H groups in total. The van der Waals surface area contributed by atoms with Crippen LogP contribution in [0.15, 0.2) is 42.5 Å². The number of aliphatic carboxylic acids is 1. The standard InChI is InChI=1S/C21H23NO3/c23-19(24)12-18(15-11-5-7-13-6-1-2-8-14(13)15)22-21(25)20-16-9-3-4-10-17(16)20/h1-2,5-8,11,16-18,20H,3-4,9-10,12H2,(H,22,25)(H,23,24)/t16?,17?,18-,20?/m1/s1. The first-order chi connectivity index (χ1) is 12.1. The quantitative estimate of drug-likeness (QED) is 0.869. The van der Waals surface area contributed by atoms with E-state index >= 15 is 0 Å². The van der Waals surface area contributed by atoms with Crippen LogP contribution in [0.5, 0.6) is 0 Å². The van der Waals surface area contributed by atoms with Crippen LogP contribution in [-0.2, 0) is 9.59 Å². The Hall–Kier alpha value is -2.36. The van der Waals surface area contributed by atoms with E-state index in [0.29, 0.717) is 11.8 Å². The number of carbonyl (C=O) groups excluding carboxylic acids is 1. The number of carboxylic acid groups (broad SMARTS) is 1. The lowest BCUT2D eigenvalue weighted by Crippen LogP contribution is -2.32. The Bertz CT molecular complexity index is 798. The van der Waals surface area contributed by atoms with Crippen LogP contribution in [-0.4, -0.2) is 17.0 Å². The fourth-order valence-corrected chi connectivity index (χ4v) is 4.62. The number of nitrogens with one attached hydrogen (secondary N) is 1. The molecule has 25 heavy (non-hydrogen) atoms. The molecule has 0 spiro atoms. The zero-order valence-electron chi connectivity index (χ0n) is 14.2.